The van der Waals surface area contributed by atoms with Gasteiger partial charge in [0.25, 0.3) is 5.91 Å². The lowest BCUT2D eigenvalue weighted by Crippen LogP contribution is -2.11. The maximum absolute atomic E-state index is 12.5. The van der Waals surface area contributed by atoms with Crippen molar-refractivity contribution in [1.82, 2.24) is 19.7 Å². The number of thiazole rings is 1. The third-order valence-electron chi connectivity index (χ3n) is 4.26. The lowest BCUT2D eigenvalue weighted by atomic mass is 10.1. The zero-order valence-corrected chi connectivity index (χ0v) is 16.2. The van der Waals surface area contributed by atoms with Crippen LogP contribution in [0.25, 0.3) is 0 Å². The van der Waals surface area contributed by atoms with Gasteiger partial charge in [-0.1, -0.05) is 42.0 Å². The lowest BCUT2D eigenvalue weighted by molar-refractivity contribution is 0.102. The molecule has 140 valence electrons. The molecule has 2 heterocycles. The molecule has 0 radical (unpaired) electrons. The second-order valence-corrected chi connectivity index (χ2v) is 7.66. The van der Waals surface area contributed by atoms with Crippen LogP contribution in [0.3, 0.4) is 0 Å². The van der Waals surface area contributed by atoms with Gasteiger partial charge in [0.2, 0.25) is 0 Å². The highest BCUT2D eigenvalue weighted by Gasteiger charge is 2.10. The van der Waals surface area contributed by atoms with Crippen LogP contribution in [0.2, 0.25) is 0 Å². The van der Waals surface area contributed by atoms with Crippen molar-refractivity contribution in [3.63, 3.8) is 0 Å². The van der Waals surface area contributed by atoms with Gasteiger partial charge in [-0.3, -0.25) is 10.1 Å². The van der Waals surface area contributed by atoms with Crippen molar-refractivity contribution < 1.29 is 4.79 Å². The molecule has 28 heavy (non-hydrogen) atoms. The van der Waals surface area contributed by atoms with Crippen molar-refractivity contribution in [3.05, 3.63) is 94.5 Å². The van der Waals surface area contributed by atoms with E-state index in [9.17, 15) is 4.79 Å². The Hall–Kier alpha value is -3.32. The summed E-state index contributed by atoms with van der Waals surface area (Å²) in [5.74, 6) is -0.163. The van der Waals surface area contributed by atoms with Crippen LogP contribution in [0.15, 0.2) is 67.4 Å². The zero-order valence-electron chi connectivity index (χ0n) is 15.4. The van der Waals surface area contributed by atoms with Gasteiger partial charge in [-0.15, -0.1) is 11.3 Å². The maximum Gasteiger partial charge on any atom is 0.257 e. The molecule has 6 nitrogen and oxygen atoms in total. The number of anilines is 1. The number of rotatable bonds is 6. The van der Waals surface area contributed by atoms with Crippen molar-refractivity contribution in [1.29, 1.82) is 0 Å². The van der Waals surface area contributed by atoms with E-state index < -0.39 is 0 Å². The van der Waals surface area contributed by atoms with E-state index in [0.717, 1.165) is 16.9 Å². The quantitative estimate of drug-likeness (QED) is 0.542. The van der Waals surface area contributed by atoms with E-state index in [1.165, 1.54) is 28.8 Å². The molecular formula is C21H19N5OS. The summed E-state index contributed by atoms with van der Waals surface area (Å²) in [6.45, 7) is 2.70. The molecule has 1 N–H and O–H groups in total. The molecule has 0 saturated heterocycles. The molecular weight excluding hydrogens is 370 g/mol. The molecule has 0 aliphatic carbocycles. The number of carbonyl (C=O) groups excluding carboxylic acids is 1. The van der Waals surface area contributed by atoms with Crippen LogP contribution in [0, 0.1) is 6.92 Å². The number of nitrogens with zero attached hydrogens (tertiary/aromatic N) is 4. The van der Waals surface area contributed by atoms with Crippen LogP contribution >= 0.6 is 11.3 Å². The molecule has 7 heteroatoms. The number of carbonyl (C=O) groups is 1. The smallest absolute Gasteiger partial charge is 0.257 e. The second kappa shape index (κ2) is 8.14. The Morgan fingerprint density at radius 2 is 2.00 bits per heavy atom. The average molecular weight is 389 g/mol. The van der Waals surface area contributed by atoms with E-state index in [0.29, 0.717) is 17.2 Å². The number of aromatic nitrogens is 4. The molecule has 4 rings (SSSR count). The van der Waals surface area contributed by atoms with Crippen molar-refractivity contribution in [2.75, 3.05) is 5.32 Å². The van der Waals surface area contributed by atoms with Crippen molar-refractivity contribution >= 4 is 22.4 Å². The first-order valence-electron chi connectivity index (χ1n) is 8.89. The molecule has 0 unspecified atom stereocenters. The van der Waals surface area contributed by atoms with Crippen LogP contribution < -0.4 is 5.32 Å². The average Bonchev–Trinajstić information content (AvgIpc) is 3.34. The van der Waals surface area contributed by atoms with Gasteiger partial charge in [0, 0.05) is 23.1 Å². The minimum absolute atomic E-state index is 0.163. The Balaban J connectivity index is 1.37. The Morgan fingerprint density at radius 1 is 1.14 bits per heavy atom. The molecule has 2 aromatic heterocycles. The van der Waals surface area contributed by atoms with Gasteiger partial charge in [-0.2, -0.15) is 5.10 Å². The fourth-order valence-corrected chi connectivity index (χ4v) is 3.74. The summed E-state index contributed by atoms with van der Waals surface area (Å²) in [5.41, 5.74) is 4.13. The van der Waals surface area contributed by atoms with Crippen molar-refractivity contribution in [2.45, 2.75) is 19.9 Å². The topological polar surface area (TPSA) is 72.7 Å². The Bertz CT molecular complexity index is 1070. The molecule has 0 atom stereocenters. The first-order valence-corrected chi connectivity index (χ1v) is 9.70. The van der Waals surface area contributed by atoms with Gasteiger partial charge in [-0.25, -0.2) is 14.6 Å². The summed E-state index contributed by atoms with van der Waals surface area (Å²) >= 11 is 1.50. The monoisotopic (exact) mass is 389 g/mol. The first kappa shape index (κ1) is 18.1. The molecule has 4 aromatic rings. The SMILES string of the molecule is Cc1cccc(Cc2cnc(NC(=O)c3ccc(Cn4cncn4)cc3)s2)c1. The first-order chi connectivity index (χ1) is 13.7. The molecule has 2 aromatic carbocycles. The van der Waals surface area contributed by atoms with E-state index in [-0.39, 0.29) is 5.91 Å². The third-order valence-corrected chi connectivity index (χ3v) is 5.17. The number of aryl methyl sites for hydroxylation is 1. The minimum Gasteiger partial charge on any atom is -0.298 e. The summed E-state index contributed by atoms with van der Waals surface area (Å²) in [6, 6.07) is 15.9. The highest BCUT2D eigenvalue weighted by Crippen LogP contribution is 2.22. The zero-order chi connectivity index (χ0) is 19.3. The van der Waals surface area contributed by atoms with Gasteiger partial charge in [-0.05, 0) is 30.2 Å². The Kier molecular flexibility index (Phi) is 5.25. The van der Waals surface area contributed by atoms with Gasteiger partial charge in [0.1, 0.15) is 12.7 Å². The number of nitrogens with one attached hydrogen (secondary N) is 1. The van der Waals surface area contributed by atoms with Crippen molar-refractivity contribution in [3.8, 4) is 0 Å². The number of amides is 1. The van der Waals surface area contributed by atoms with E-state index in [1.54, 1.807) is 11.0 Å². The van der Waals surface area contributed by atoms with Gasteiger partial charge in [0.05, 0.1) is 6.54 Å². The number of hydrogen-bond donors (Lipinski definition) is 1. The predicted molar refractivity (Wildman–Crippen MR) is 110 cm³/mol. The Labute approximate surface area is 166 Å². The summed E-state index contributed by atoms with van der Waals surface area (Å²) in [6.07, 6.45) is 5.80. The molecule has 0 spiro atoms. The van der Waals surface area contributed by atoms with Crippen molar-refractivity contribution in [2.24, 2.45) is 0 Å². The van der Waals surface area contributed by atoms with Crippen LogP contribution in [0.1, 0.15) is 31.9 Å². The van der Waals surface area contributed by atoms with E-state index in [2.05, 4.69) is 51.6 Å². The van der Waals surface area contributed by atoms with E-state index >= 15 is 0 Å². The van der Waals surface area contributed by atoms with E-state index in [1.807, 2.05) is 30.5 Å². The van der Waals surface area contributed by atoms with Gasteiger partial charge < -0.3 is 0 Å². The molecule has 0 bridgehead atoms. The normalized spacial score (nSPS) is 10.8. The molecule has 0 aliphatic heterocycles. The fourth-order valence-electron chi connectivity index (χ4n) is 2.90. The Morgan fingerprint density at radius 3 is 2.75 bits per heavy atom. The summed E-state index contributed by atoms with van der Waals surface area (Å²) in [4.78, 5) is 21.9. The lowest BCUT2D eigenvalue weighted by Gasteiger charge is -2.04. The minimum atomic E-state index is -0.163. The molecule has 1 amide bonds. The summed E-state index contributed by atoms with van der Waals surface area (Å²) in [7, 11) is 0. The fraction of sp³-hybridized carbons (Fsp3) is 0.143. The third kappa shape index (κ3) is 4.50. The standard InChI is InChI=1S/C21H19N5OS/c1-15-3-2-4-17(9-15)10-19-11-23-21(28-19)25-20(27)18-7-5-16(6-8-18)12-26-14-22-13-24-26/h2-9,11,13-14H,10,12H2,1H3,(H,23,25,27). The van der Waals surface area contributed by atoms with E-state index in [4.69, 9.17) is 0 Å². The summed E-state index contributed by atoms with van der Waals surface area (Å²) in [5, 5.41) is 7.57. The number of benzene rings is 2. The van der Waals surface area contributed by atoms with Gasteiger partial charge in [0.15, 0.2) is 5.13 Å². The highest BCUT2D eigenvalue weighted by atomic mass is 32.1. The van der Waals surface area contributed by atoms with Crippen LogP contribution in [0.5, 0.6) is 0 Å². The largest absolute Gasteiger partial charge is 0.298 e. The predicted octanol–water partition coefficient (Wildman–Crippen LogP) is 3.93. The van der Waals surface area contributed by atoms with Gasteiger partial charge >= 0.3 is 0 Å². The maximum atomic E-state index is 12.5. The van der Waals surface area contributed by atoms with Crippen LogP contribution in [0.4, 0.5) is 5.13 Å². The molecule has 0 saturated carbocycles. The highest BCUT2D eigenvalue weighted by molar-refractivity contribution is 7.15. The second-order valence-electron chi connectivity index (χ2n) is 6.54. The number of hydrogen-bond acceptors (Lipinski definition) is 5. The van der Waals surface area contributed by atoms with Crippen LogP contribution in [-0.2, 0) is 13.0 Å². The molecule has 0 fully saturated rings. The van der Waals surface area contributed by atoms with Crippen LogP contribution in [-0.4, -0.2) is 25.7 Å². The summed E-state index contributed by atoms with van der Waals surface area (Å²) < 4.78 is 1.74. The molecule has 0 aliphatic rings.